The minimum absolute atomic E-state index is 0.236. The lowest BCUT2D eigenvalue weighted by atomic mass is 10.1. The van der Waals surface area contributed by atoms with Crippen molar-refractivity contribution in [2.45, 2.75) is 39.2 Å². The predicted molar refractivity (Wildman–Crippen MR) is 67.1 cm³/mol. The fraction of sp³-hybridized carbons (Fsp3) is 0.571. The van der Waals surface area contributed by atoms with Crippen LogP contribution in [0.4, 0.5) is 0 Å². The van der Waals surface area contributed by atoms with Crippen LogP contribution in [0.3, 0.4) is 0 Å². The molecule has 1 atom stereocenters. The lowest BCUT2D eigenvalue weighted by Crippen LogP contribution is -2.28. The summed E-state index contributed by atoms with van der Waals surface area (Å²) in [6.45, 7) is 6.13. The van der Waals surface area contributed by atoms with Gasteiger partial charge >= 0.3 is 0 Å². The minimum Gasteiger partial charge on any atom is -0.489 e. The summed E-state index contributed by atoms with van der Waals surface area (Å²) < 4.78 is 5.88. The molecule has 0 fully saturated rings. The highest BCUT2D eigenvalue weighted by atomic mass is 16.5. The van der Waals surface area contributed by atoms with E-state index in [0.717, 1.165) is 18.8 Å². The van der Waals surface area contributed by atoms with E-state index in [2.05, 4.69) is 37.4 Å². The van der Waals surface area contributed by atoms with Gasteiger partial charge in [-0.25, -0.2) is 0 Å². The zero-order valence-electron chi connectivity index (χ0n) is 10.3. The minimum atomic E-state index is 0.236. The average Bonchev–Trinajstić information content (AvgIpc) is 2.73. The fourth-order valence-electron chi connectivity index (χ4n) is 2.24. The molecule has 1 aliphatic carbocycles. The standard InChI is InChI=1S/C14H21NO/c1-3-15-10-11(2)16-14-8-7-12-5-4-6-13(12)9-14/h7-9,11,15H,3-6,10H2,1-2H3. The molecule has 1 aromatic carbocycles. The van der Waals surface area contributed by atoms with E-state index in [9.17, 15) is 0 Å². The maximum absolute atomic E-state index is 5.88. The van der Waals surface area contributed by atoms with Gasteiger partial charge in [-0.3, -0.25) is 0 Å². The predicted octanol–water partition coefficient (Wildman–Crippen LogP) is 2.55. The van der Waals surface area contributed by atoms with Crippen molar-refractivity contribution in [2.24, 2.45) is 0 Å². The Bertz CT molecular complexity index is 349. The molecule has 2 rings (SSSR count). The highest BCUT2D eigenvalue weighted by molar-refractivity contribution is 5.38. The van der Waals surface area contributed by atoms with Crippen molar-refractivity contribution in [3.63, 3.8) is 0 Å². The molecule has 0 spiro atoms. The molecule has 1 unspecified atom stereocenters. The highest BCUT2D eigenvalue weighted by Crippen LogP contribution is 2.26. The van der Waals surface area contributed by atoms with Crippen LogP contribution in [0.15, 0.2) is 18.2 Å². The second kappa shape index (κ2) is 5.35. The van der Waals surface area contributed by atoms with E-state index in [1.54, 1.807) is 0 Å². The third-order valence-electron chi connectivity index (χ3n) is 3.09. The third kappa shape index (κ3) is 2.76. The quantitative estimate of drug-likeness (QED) is 0.821. The third-order valence-corrected chi connectivity index (χ3v) is 3.09. The van der Waals surface area contributed by atoms with Crippen LogP contribution in [-0.4, -0.2) is 19.2 Å². The summed E-state index contributed by atoms with van der Waals surface area (Å²) in [4.78, 5) is 0. The van der Waals surface area contributed by atoms with Crippen LogP contribution in [0.1, 0.15) is 31.4 Å². The summed E-state index contributed by atoms with van der Waals surface area (Å²) in [5.74, 6) is 1.02. The smallest absolute Gasteiger partial charge is 0.120 e. The second-order valence-corrected chi connectivity index (χ2v) is 4.52. The van der Waals surface area contributed by atoms with Gasteiger partial charge in [0.05, 0.1) is 0 Å². The van der Waals surface area contributed by atoms with Crippen LogP contribution in [0.25, 0.3) is 0 Å². The van der Waals surface area contributed by atoms with Gasteiger partial charge in [-0.05, 0) is 56.0 Å². The average molecular weight is 219 g/mol. The van der Waals surface area contributed by atoms with Crippen LogP contribution in [-0.2, 0) is 12.8 Å². The highest BCUT2D eigenvalue weighted by Gasteiger charge is 2.12. The Labute approximate surface area is 98.0 Å². The number of aryl methyl sites for hydroxylation is 2. The van der Waals surface area contributed by atoms with Crippen LogP contribution in [0, 0.1) is 0 Å². The molecule has 2 nitrogen and oxygen atoms in total. The van der Waals surface area contributed by atoms with Crippen molar-refractivity contribution < 1.29 is 4.74 Å². The molecule has 1 N–H and O–H groups in total. The van der Waals surface area contributed by atoms with Gasteiger partial charge in [-0.2, -0.15) is 0 Å². The monoisotopic (exact) mass is 219 g/mol. The van der Waals surface area contributed by atoms with E-state index < -0.39 is 0 Å². The fourth-order valence-corrected chi connectivity index (χ4v) is 2.24. The van der Waals surface area contributed by atoms with Gasteiger partial charge in [-0.1, -0.05) is 13.0 Å². The van der Waals surface area contributed by atoms with Crippen LogP contribution in [0.5, 0.6) is 5.75 Å². The molecular weight excluding hydrogens is 198 g/mol. The summed E-state index contributed by atoms with van der Waals surface area (Å²) in [5, 5.41) is 3.30. The van der Waals surface area contributed by atoms with E-state index in [-0.39, 0.29) is 6.10 Å². The van der Waals surface area contributed by atoms with E-state index in [0.29, 0.717) is 0 Å². The van der Waals surface area contributed by atoms with Crippen LogP contribution >= 0.6 is 0 Å². The van der Waals surface area contributed by atoms with Gasteiger partial charge in [0.25, 0.3) is 0 Å². The number of nitrogens with one attached hydrogen (secondary N) is 1. The molecular formula is C14H21NO. The van der Waals surface area contributed by atoms with Gasteiger partial charge in [0, 0.05) is 6.54 Å². The van der Waals surface area contributed by atoms with Gasteiger partial charge in [0.1, 0.15) is 11.9 Å². The SMILES string of the molecule is CCNCC(C)Oc1ccc2c(c1)CCC2. The molecule has 88 valence electrons. The Hall–Kier alpha value is -1.02. The Morgan fingerprint density at radius 1 is 1.31 bits per heavy atom. The lowest BCUT2D eigenvalue weighted by Gasteiger charge is -2.15. The zero-order valence-corrected chi connectivity index (χ0v) is 10.3. The molecule has 0 aliphatic heterocycles. The summed E-state index contributed by atoms with van der Waals surface area (Å²) in [5.41, 5.74) is 2.99. The topological polar surface area (TPSA) is 21.3 Å². The van der Waals surface area contributed by atoms with Gasteiger partial charge < -0.3 is 10.1 Å². The number of rotatable bonds is 5. The maximum atomic E-state index is 5.88. The van der Waals surface area contributed by atoms with Gasteiger partial charge in [0.2, 0.25) is 0 Å². The molecule has 1 aromatic rings. The van der Waals surface area contributed by atoms with Crippen LogP contribution < -0.4 is 10.1 Å². The Kier molecular flexibility index (Phi) is 3.83. The van der Waals surface area contributed by atoms with Crippen molar-refractivity contribution in [3.8, 4) is 5.75 Å². The number of hydrogen-bond acceptors (Lipinski definition) is 2. The van der Waals surface area contributed by atoms with Gasteiger partial charge in [-0.15, -0.1) is 0 Å². The molecule has 0 aromatic heterocycles. The zero-order chi connectivity index (χ0) is 11.4. The molecule has 16 heavy (non-hydrogen) atoms. The summed E-state index contributed by atoms with van der Waals surface area (Å²) in [6, 6.07) is 6.54. The Balaban J connectivity index is 1.94. The summed E-state index contributed by atoms with van der Waals surface area (Å²) in [6.07, 6.45) is 3.99. The van der Waals surface area contributed by atoms with E-state index in [1.165, 1.54) is 30.4 Å². The van der Waals surface area contributed by atoms with Crippen molar-refractivity contribution >= 4 is 0 Å². The first-order valence-electron chi connectivity index (χ1n) is 6.28. The first-order chi connectivity index (χ1) is 7.79. The summed E-state index contributed by atoms with van der Waals surface area (Å²) in [7, 11) is 0. The first kappa shape index (κ1) is 11.5. The Morgan fingerprint density at radius 3 is 2.94 bits per heavy atom. The molecule has 0 saturated heterocycles. The van der Waals surface area contributed by atoms with E-state index >= 15 is 0 Å². The van der Waals surface area contributed by atoms with Crippen molar-refractivity contribution in [2.75, 3.05) is 13.1 Å². The van der Waals surface area contributed by atoms with Gasteiger partial charge in [0.15, 0.2) is 0 Å². The molecule has 0 saturated carbocycles. The van der Waals surface area contributed by atoms with Crippen LogP contribution in [0.2, 0.25) is 0 Å². The van der Waals surface area contributed by atoms with Crippen molar-refractivity contribution in [1.82, 2.24) is 5.32 Å². The van der Waals surface area contributed by atoms with E-state index in [4.69, 9.17) is 4.74 Å². The number of fused-ring (bicyclic) bond motifs is 1. The second-order valence-electron chi connectivity index (χ2n) is 4.52. The number of ether oxygens (including phenoxy) is 1. The number of likely N-dealkylation sites (N-methyl/N-ethyl adjacent to an activating group) is 1. The summed E-state index contributed by atoms with van der Waals surface area (Å²) >= 11 is 0. The van der Waals surface area contributed by atoms with E-state index in [1.807, 2.05) is 0 Å². The molecule has 0 amide bonds. The molecule has 0 bridgehead atoms. The molecule has 0 heterocycles. The first-order valence-corrected chi connectivity index (χ1v) is 6.28. The normalized spacial score (nSPS) is 15.9. The Morgan fingerprint density at radius 2 is 2.12 bits per heavy atom. The largest absolute Gasteiger partial charge is 0.489 e. The number of benzene rings is 1. The van der Waals surface area contributed by atoms with Crippen molar-refractivity contribution in [1.29, 1.82) is 0 Å². The van der Waals surface area contributed by atoms with Crippen molar-refractivity contribution in [3.05, 3.63) is 29.3 Å². The number of hydrogen-bond donors (Lipinski definition) is 1. The maximum Gasteiger partial charge on any atom is 0.120 e. The molecule has 1 aliphatic rings. The molecule has 0 radical (unpaired) electrons. The molecule has 2 heteroatoms. The lowest BCUT2D eigenvalue weighted by molar-refractivity contribution is 0.218.